The molecule has 7 heteroatoms. The van der Waals surface area contributed by atoms with E-state index in [9.17, 15) is 18.0 Å². The number of carbonyl (C=O) groups excluding carboxylic acids is 1. The Morgan fingerprint density at radius 1 is 1.08 bits per heavy atom. The van der Waals surface area contributed by atoms with Gasteiger partial charge in [0, 0.05) is 0 Å². The van der Waals surface area contributed by atoms with Gasteiger partial charge in [0.1, 0.15) is 11.6 Å². The summed E-state index contributed by atoms with van der Waals surface area (Å²) in [5, 5.41) is 0. The Morgan fingerprint density at radius 2 is 1.79 bits per heavy atom. The van der Waals surface area contributed by atoms with Crippen LogP contribution in [0.15, 0.2) is 59.2 Å². The van der Waals surface area contributed by atoms with Crippen LogP contribution in [-0.4, -0.2) is 18.5 Å². The number of hydrogen-bond acceptors (Lipinski definition) is 4. The molecule has 3 rings (SSSR count). The summed E-state index contributed by atoms with van der Waals surface area (Å²) >= 11 is 0. The molecule has 0 bridgehead atoms. The molecule has 0 aliphatic carbocycles. The Hall–Kier alpha value is -3.09. The van der Waals surface area contributed by atoms with E-state index in [2.05, 4.69) is 9.73 Å². The fourth-order valence-electron chi connectivity index (χ4n) is 2.08. The fourth-order valence-corrected chi connectivity index (χ4v) is 2.08. The van der Waals surface area contributed by atoms with Gasteiger partial charge in [-0.3, -0.25) is 0 Å². The predicted molar refractivity (Wildman–Crippen MR) is 80.1 cm³/mol. The summed E-state index contributed by atoms with van der Waals surface area (Å²) < 4.78 is 47.2. The molecule has 0 amide bonds. The third-order valence-electron chi connectivity index (χ3n) is 3.13. The van der Waals surface area contributed by atoms with E-state index in [1.54, 1.807) is 6.07 Å². The van der Waals surface area contributed by atoms with Gasteiger partial charge in [-0.15, -0.1) is 0 Å². The first-order valence-corrected chi connectivity index (χ1v) is 6.85. The van der Waals surface area contributed by atoms with Crippen LogP contribution in [0.25, 0.3) is 6.08 Å². The molecule has 4 nitrogen and oxygen atoms in total. The number of benzene rings is 2. The maximum Gasteiger partial charge on any atom is 0.387 e. The van der Waals surface area contributed by atoms with Crippen LogP contribution in [0.3, 0.4) is 0 Å². The highest BCUT2D eigenvalue weighted by Gasteiger charge is 2.26. The van der Waals surface area contributed by atoms with Crippen molar-refractivity contribution in [2.24, 2.45) is 4.99 Å². The van der Waals surface area contributed by atoms with Gasteiger partial charge in [-0.05, 0) is 35.9 Å². The second-order valence-electron chi connectivity index (χ2n) is 4.76. The van der Waals surface area contributed by atoms with Crippen molar-refractivity contribution in [1.29, 1.82) is 0 Å². The Bertz CT molecular complexity index is 829. The van der Waals surface area contributed by atoms with Crippen LogP contribution < -0.4 is 4.74 Å². The van der Waals surface area contributed by atoms with Crippen LogP contribution in [0.4, 0.5) is 13.2 Å². The van der Waals surface area contributed by atoms with Crippen molar-refractivity contribution in [3.05, 3.63) is 71.2 Å². The van der Waals surface area contributed by atoms with Gasteiger partial charge in [0.05, 0.1) is 5.56 Å². The van der Waals surface area contributed by atoms with Gasteiger partial charge >= 0.3 is 12.6 Å². The van der Waals surface area contributed by atoms with E-state index in [0.717, 1.165) is 0 Å². The minimum atomic E-state index is -3.02. The number of nitrogens with zero attached hydrogens (tertiary/aromatic N) is 1. The van der Waals surface area contributed by atoms with Crippen molar-refractivity contribution in [2.75, 3.05) is 0 Å². The van der Waals surface area contributed by atoms with Gasteiger partial charge in [-0.2, -0.15) is 8.78 Å². The van der Waals surface area contributed by atoms with Crippen LogP contribution in [0.1, 0.15) is 11.1 Å². The molecule has 1 aliphatic heterocycles. The van der Waals surface area contributed by atoms with E-state index < -0.39 is 18.4 Å². The van der Waals surface area contributed by atoms with Crippen molar-refractivity contribution < 1.29 is 27.4 Å². The van der Waals surface area contributed by atoms with E-state index in [0.29, 0.717) is 5.56 Å². The first-order valence-electron chi connectivity index (χ1n) is 6.85. The van der Waals surface area contributed by atoms with Crippen LogP contribution in [-0.2, 0) is 9.53 Å². The molecule has 0 spiro atoms. The number of esters is 1. The molecule has 2 aromatic carbocycles. The lowest BCUT2D eigenvalue weighted by Gasteiger charge is -2.08. The molecule has 0 unspecified atom stereocenters. The molecule has 0 atom stereocenters. The number of halogens is 3. The van der Waals surface area contributed by atoms with E-state index in [-0.39, 0.29) is 22.9 Å². The minimum absolute atomic E-state index is 0.0246. The second-order valence-corrected chi connectivity index (χ2v) is 4.76. The number of carbonyl (C=O) groups is 1. The second kappa shape index (κ2) is 6.57. The third kappa shape index (κ3) is 3.45. The average Bonchev–Trinajstić information content (AvgIpc) is 2.90. The van der Waals surface area contributed by atoms with Gasteiger partial charge in [0.25, 0.3) is 0 Å². The molecule has 0 N–H and O–H groups in total. The first-order chi connectivity index (χ1) is 11.5. The number of aliphatic imine (C=N–C) groups is 1. The predicted octanol–water partition coefficient (Wildman–Crippen LogP) is 3.77. The zero-order valence-corrected chi connectivity index (χ0v) is 12.1. The summed E-state index contributed by atoms with van der Waals surface area (Å²) in [4.78, 5) is 15.9. The zero-order valence-electron chi connectivity index (χ0n) is 12.1. The SMILES string of the molecule is O=C1OC(c2ccccc2OC(F)F)=N/C1=C\c1ccc(F)cc1. The smallest absolute Gasteiger partial charge is 0.387 e. The van der Waals surface area contributed by atoms with Crippen molar-refractivity contribution in [2.45, 2.75) is 6.61 Å². The van der Waals surface area contributed by atoms with E-state index in [4.69, 9.17) is 4.74 Å². The highest BCUT2D eigenvalue weighted by molar-refractivity contribution is 6.13. The van der Waals surface area contributed by atoms with Crippen molar-refractivity contribution >= 4 is 17.9 Å². The zero-order chi connectivity index (χ0) is 17.1. The molecule has 0 fully saturated rings. The van der Waals surface area contributed by atoms with Gasteiger partial charge < -0.3 is 9.47 Å². The van der Waals surface area contributed by atoms with Gasteiger partial charge in [-0.25, -0.2) is 14.2 Å². The summed E-state index contributed by atoms with van der Waals surface area (Å²) in [6.07, 6.45) is 1.41. The van der Waals surface area contributed by atoms with Crippen molar-refractivity contribution in [3.8, 4) is 5.75 Å². The molecule has 0 radical (unpaired) electrons. The fraction of sp³-hybridized carbons (Fsp3) is 0.0588. The number of ether oxygens (including phenoxy) is 2. The highest BCUT2D eigenvalue weighted by atomic mass is 19.3. The summed E-state index contributed by atoms with van der Waals surface area (Å²) in [5.41, 5.74) is 0.655. The van der Waals surface area contributed by atoms with Crippen LogP contribution in [0.2, 0.25) is 0 Å². The lowest BCUT2D eigenvalue weighted by atomic mass is 10.2. The van der Waals surface area contributed by atoms with Crippen molar-refractivity contribution in [1.82, 2.24) is 0 Å². The van der Waals surface area contributed by atoms with Gasteiger partial charge in [0.2, 0.25) is 5.90 Å². The van der Waals surface area contributed by atoms with Crippen LogP contribution in [0, 0.1) is 5.82 Å². The largest absolute Gasteiger partial charge is 0.434 e. The lowest BCUT2D eigenvalue weighted by Crippen LogP contribution is -2.10. The van der Waals surface area contributed by atoms with Crippen LogP contribution >= 0.6 is 0 Å². The van der Waals surface area contributed by atoms with E-state index in [1.807, 2.05) is 0 Å². The molecule has 0 saturated heterocycles. The summed E-state index contributed by atoms with van der Waals surface area (Å²) in [7, 11) is 0. The highest BCUT2D eigenvalue weighted by Crippen LogP contribution is 2.26. The Balaban J connectivity index is 1.94. The number of hydrogen-bond donors (Lipinski definition) is 0. The molecule has 0 saturated carbocycles. The molecular weight excluding hydrogens is 323 g/mol. The summed E-state index contributed by atoms with van der Waals surface area (Å²) in [5.74, 6) is -1.43. The lowest BCUT2D eigenvalue weighted by molar-refractivity contribution is -0.129. The molecule has 0 aromatic heterocycles. The number of rotatable bonds is 4. The first kappa shape index (κ1) is 15.8. The topological polar surface area (TPSA) is 47.9 Å². The summed E-state index contributed by atoms with van der Waals surface area (Å²) in [6.45, 7) is -3.02. The minimum Gasteiger partial charge on any atom is -0.434 e. The van der Waals surface area contributed by atoms with E-state index >= 15 is 0 Å². The Morgan fingerprint density at radius 3 is 2.50 bits per heavy atom. The van der Waals surface area contributed by atoms with Crippen molar-refractivity contribution in [3.63, 3.8) is 0 Å². The molecule has 122 valence electrons. The van der Waals surface area contributed by atoms with Gasteiger partial charge in [-0.1, -0.05) is 24.3 Å². The Kier molecular flexibility index (Phi) is 4.33. The molecule has 1 heterocycles. The molecule has 1 aliphatic rings. The van der Waals surface area contributed by atoms with E-state index in [1.165, 1.54) is 48.5 Å². The maximum absolute atomic E-state index is 12.9. The normalized spacial score (nSPS) is 15.6. The van der Waals surface area contributed by atoms with Gasteiger partial charge in [0.15, 0.2) is 5.70 Å². The standard InChI is InChI=1S/C17H10F3NO3/c18-11-7-5-10(6-8-11)9-13-16(22)24-15(21-13)12-3-1-2-4-14(12)23-17(19)20/h1-9,17H/b13-9-. The summed E-state index contributed by atoms with van der Waals surface area (Å²) in [6, 6.07) is 11.3. The maximum atomic E-state index is 12.9. The Labute approximate surface area is 134 Å². The monoisotopic (exact) mass is 333 g/mol. The average molecular weight is 333 g/mol. The molecule has 2 aromatic rings. The molecule has 24 heavy (non-hydrogen) atoms. The van der Waals surface area contributed by atoms with Crippen LogP contribution in [0.5, 0.6) is 5.75 Å². The number of alkyl halides is 2. The number of para-hydroxylation sites is 1. The quantitative estimate of drug-likeness (QED) is 0.632. The number of cyclic esters (lactones) is 1. The molecular formula is C17H10F3NO3. The third-order valence-corrected chi connectivity index (χ3v) is 3.13.